The monoisotopic (exact) mass is 267 g/mol. The molecule has 3 atom stereocenters. The lowest BCUT2D eigenvalue weighted by Gasteiger charge is -2.43. The number of hydrogen-bond acceptors (Lipinski definition) is 3. The maximum atomic E-state index is 6.23. The highest BCUT2D eigenvalue weighted by atomic mass is 15.2. The summed E-state index contributed by atoms with van der Waals surface area (Å²) in [5, 5.41) is 0. The first-order valence-corrected chi connectivity index (χ1v) is 7.89. The van der Waals surface area contributed by atoms with Crippen LogP contribution in [0.4, 0.5) is 0 Å². The number of rotatable bonds is 4. The lowest BCUT2D eigenvalue weighted by molar-refractivity contribution is 0.0710. The van der Waals surface area contributed by atoms with E-state index in [0.717, 1.165) is 12.5 Å². The largest absolute Gasteiger partial charge is 0.329 e. The van der Waals surface area contributed by atoms with Crippen LogP contribution < -0.4 is 5.73 Å². The minimum absolute atomic E-state index is 0.227. The summed E-state index contributed by atoms with van der Waals surface area (Å²) < 4.78 is 0. The van der Waals surface area contributed by atoms with Crippen molar-refractivity contribution in [3.63, 3.8) is 0 Å². The second-order valence-electron chi connectivity index (χ2n) is 8.05. The molecule has 1 aliphatic heterocycles. The third-order valence-corrected chi connectivity index (χ3v) is 5.70. The molecule has 2 rings (SSSR count). The molecule has 0 aromatic rings. The van der Waals surface area contributed by atoms with Gasteiger partial charge in [-0.25, -0.2) is 0 Å². The molecular formula is C16H33N3. The summed E-state index contributed by atoms with van der Waals surface area (Å²) in [5.41, 5.74) is 6.90. The maximum Gasteiger partial charge on any atom is 0.0359 e. The van der Waals surface area contributed by atoms with Gasteiger partial charge in [-0.05, 0) is 57.2 Å². The smallest absolute Gasteiger partial charge is 0.0359 e. The molecule has 1 saturated heterocycles. The number of nitrogens with two attached hydrogens (primary N) is 1. The molecule has 19 heavy (non-hydrogen) atoms. The summed E-state index contributed by atoms with van der Waals surface area (Å²) in [6, 6.07) is 0. The zero-order chi connectivity index (χ0) is 14.3. The van der Waals surface area contributed by atoms with E-state index in [0.29, 0.717) is 11.3 Å². The van der Waals surface area contributed by atoms with E-state index < -0.39 is 0 Å². The molecule has 0 aromatic carbocycles. The molecule has 0 aromatic heterocycles. The fourth-order valence-electron chi connectivity index (χ4n) is 4.78. The first-order valence-electron chi connectivity index (χ1n) is 7.89. The fourth-order valence-corrected chi connectivity index (χ4v) is 4.78. The van der Waals surface area contributed by atoms with E-state index in [2.05, 4.69) is 44.7 Å². The standard InChI is InChI=1S/C16H33N3/c1-13-8-15(2,3)11-16(13,12-17)19(5)10-14-6-7-18(4)9-14/h13-14H,6-12,17H2,1-5H3. The van der Waals surface area contributed by atoms with Crippen LogP contribution in [0.1, 0.15) is 40.0 Å². The Balaban J connectivity index is 2.04. The SMILES string of the molecule is CC1CC(C)(C)CC1(CN)N(C)CC1CCN(C)C1. The van der Waals surface area contributed by atoms with Crippen molar-refractivity contribution in [2.45, 2.75) is 45.6 Å². The Morgan fingerprint density at radius 3 is 2.47 bits per heavy atom. The summed E-state index contributed by atoms with van der Waals surface area (Å²) in [6.45, 7) is 11.7. The van der Waals surface area contributed by atoms with Crippen molar-refractivity contribution in [2.24, 2.45) is 23.0 Å². The van der Waals surface area contributed by atoms with E-state index in [1.165, 1.54) is 38.9 Å². The molecule has 112 valence electrons. The van der Waals surface area contributed by atoms with Crippen molar-refractivity contribution >= 4 is 0 Å². The third-order valence-electron chi connectivity index (χ3n) is 5.70. The van der Waals surface area contributed by atoms with Gasteiger partial charge in [-0.1, -0.05) is 20.8 Å². The average molecular weight is 267 g/mol. The van der Waals surface area contributed by atoms with Crippen LogP contribution in [0.5, 0.6) is 0 Å². The minimum Gasteiger partial charge on any atom is -0.329 e. The molecule has 0 bridgehead atoms. The Labute approximate surface area is 119 Å². The van der Waals surface area contributed by atoms with Crippen LogP contribution >= 0.6 is 0 Å². The zero-order valence-corrected chi connectivity index (χ0v) is 13.6. The van der Waals surface area contributed by atoms with Crippen molar-refractivity contribution in [2.75, 3.05) is 40.3 Å². The molecule has 1 heterocycles. The van der Waals surface area contributed by atoms with Crippen LogP contribution in [0.25, 0.3) is 0 Å². The second-order valence-corrected chi connectivity index (χ2v) is 8.05. The van der Waals surface area contributed by atoms with Crippen LogP contribution in [-0.2, 0) is 0 Å². The van der Waals surface area contributed by atoms with E-state index in [1.54, 1.807) is 0 Å². The Bertz CT molecular complexity index is 315. The zero-order valence-electron chi connectivity index (χ0n) is 13.6. The van der Waals surface area contributed by atoms with E-state index in [4.69, 9.17) is 5.73 Å². The van der Waals surface area contributed by atoms with Gasteiger partial charge in [0.15, 0.2) is 0 Å². The molecule has 0 amide bonds. The van der Waals surface area contributed by atoms with Crippen molar-refractivity contribution in [1.82, 2.24) is 9.80 Å². The van der Waals surface area contributed by atoms with Gasteiger partial charge in [0.2, 0.25) is 0 Å². The van der Waals surface area contributed by atoms with Gasteiger partial charge in [0.1, 0.15) is 0 Å². The first-order chi connectivity index (χ1) is 8.79. The lowest BCUT2D eigenvalue weighted by atomic mass is 9.84. The number of nitrogens with zero attached hydrogens (tertiary/aromatic N) is 2. The van der Waals surface area contributed by atoms with E-state index in [9.17, 15) is 0 Å². The highest BCUT2D eigenvalue weighted by Gasteiger charge is 2.50. The van der Waals surface area contributed by atoms with E-state index in [-0.39, 0.29) is 5.54 Å². The molecule has 0 radical (unpaired) electrons. The average Bonchev–Trinajstić information content (AvgIpc) is 2.80. The molecule has 2 N–H and O–H groups in total. The number of likely N-dealkylation sites (N-methyl/N-ethyl adjacent to an activating group) is 1. The summed E-state index contributed by atoms with van der Waals surface area (Å²) >= 11 is 0. The van der Waals surface area contributed by atoms with Crippen LogP contribution in [-0.4, -0.2) is 55.6 Å². The molecule has 1 saturated carbocycles. The van der Waals surface area contributed by atoms with Gasteiger partial charge in [-0.2, -0.15) is 0 Å². The summed E-state index contributed by atoms with van der Waals surface area (Å²) in [6.07, 6.45) is 3.90. The predicted molar refractivity (Wildman–Crippen MR) is 82.2 cm³/mol. The van der Waals surface area contributed by atoms with Crippen molar-refractivity contribution in [1.29, 1.82) is 0 Å². The Morgan fingerprint density at radius 2 is 2.05 bits per heavy atom. The molecule has 3 nitrogen and oxygen atoms in total. The van der Waals surface area contributed by atoms with E-state index >= 15 is 0 Å². The maximum absolute atomic E-state index is 6.23. The van der Waals surface area contributed by atoms with Crippen LogP contribution in [0.15, 0.2) is 0 Å². The molecule has 2 fully saturated rings. The highest BCUT2D eigenvalue weighted by Crippen LogP contribution is 2.49. The third kappa shape index (κ3) is 2.98. The molecule has 2 aliphatic rings. The first kappa shape index (κ1) is 15.3. The van der Waals surface area contributed by atoms with Gasteiger partial charge in [0, 0.05) is 25.2 Å². The minimum atomic E-state index is 0.227. The normalized spacial score (nSPS) is 39.3. The molecule has 3 heteroatoms. The number of likely N-dealkylation sites (tertiary alicyclic amines) is 1. The molecule has 3 unspecified atom stereocenters. The van der Waals surface area contributed by atoms with Crippen molar-refractivity contribution in [3.8, 4) is 0 Å². The van der Waals surface area contributed by atoms with Crippen LogP contribution in [0.3, 0.4) is 0 Å². The Morgan fingerprint density at radius 1 is 1.37 bits per heavy atom. The fraction of sp³-hybridized carbons (Fsp3) is 1.00. The van der Waals surface area contributed by atoms with Crippen LogP contribution in [0, 0.1) is 17.3 Å². The predicted octanol–water partition coefficient (Wildman–Crippen LogP) is 2.02. The van der Waals surface area contributed by atoms with Gasteiger partial charge < -0.3 is 10.6 Å². The lowest BCUT2D eigenvalue weighted by Crippen LogP contribution is -2.55. The summed E-state index contributed by atoms with van der Waals surface area (Å²) in [5.74, 6) is 1.53. The summed E-state index contributed by atoms with van der Waals surface area (Å²) in [7, 11) is 4.54. The number of hydrogen-bond donors (Lipinski definition) is 1. The van der Waals surface area contributed by atoms with Crippen molar-refractivity contribution < 1.29 is 0 Å². The Kier molecular flexibility index (Phi) is 4.29. The van der Waals surface area contributed by atoms with Crippen LogP contribution in [0.2, 0.25) is 0 Å². The second kappa shape index (κ2) is 5.34. The topological polar surface area (TPSA) is 32.5 Å². The quantitative estimate of drug-likeness (QED) is 0.846. The molecule has 0 spiro atoms. The summed E-state index contributed by atoms with van der Waals surface area (Å²) in [4.78, 5) is 5.06. The Hall–Kier alpha value is -0.120. The van der Waals surface area contributed by atoms with Gasteiger partial charge in [-0.15, -0.1) is 0 Å². The molecule has 1 aliphatic carbocycles. The van der Waals surface area contributed by atoms with Gasteiger partial charge in [0.25, 0.3) is 0 Å². The van der Waals surface area contributed by atoms with E-state index in [1.807, 2.05) is 0 Å². The van der Waals surface area contributed by atoms with Gasteiger partial charge in [0.05, 0.1) is 0 Å². The highest BCUT2D eigenvalue weighted by molar-refractivity contribution is 5.05. The van der Waals surface area contributed by atoms with Gasteiger partial charge in [-0.3, -0.25) is 4.90 Å². The molecular weight excluding hydrogens is 234 g/mol. The van der Waals surface area contributed by atoms with Crippen molar-refractivity contribution in [3.05, 3.63) is 0 Å². The van der Waals surface area contributed by atoms with Gasteiger partial charge >= 0.3 is 0 Å².